The van der Waals surface area contributed by atoms with Crippen molar-refractivity contribution in [2.75, 3.05) is 12.4 Å². The first-order chi connectivity index (χ1) is 11.1. The van der Waals surface area contributed by atoms with Gasteiger partial charge < -0.3 is 14.8 Å². The van der Waals surface area contributed by atoms with Crippen molar-refractivity contribution in [2.24, 2.45) is 0 Å². The molecule has 1 heterocycles. The van der Waals surface area contributed by atoms with Crippen LogP contribution in [0.2, 0.25) is 0 Å². The van der Waals surface area contributed by atoms with Gasteiger partial charge in [-0.25, -0.2) is 4.79 Å². The van der Waals surface area contributed by atoms with E-state index in [1.807, 2.05) is 16.8 Å². The number of hydrogen-bond donors (Lipinski definition) is 1. The predicted molar refractivity (Wildman–Crippen MR) is 90.5 cm³/mol. The molecule has 0 aliphatic rings. The summed E-state index contributed by atoms with van der Waals surface area (Å²) in [6.07, 6.45) is 2.05. The molecule has 5 nitrogen and oxygen atoms in total. The SMILES string of the molecule is COc1cccc(NC(=O)[C@H](C)OC(=O)/C=C/c2ccsc2)c1. The number of hydrogen-bond acceptors (Lipinski definition) is 5. The van der Waals surface area contributed by atoms with Crippen LogP contribution in [0.15, 0.2) is 47.2 Å². The molecule has 1 aromatic heterocycles. The molecular weight excluding hydrogens is 314 g/mol. The fourth-order valence-electron chi connectivity index (χ4n) is 1.75. The number of rotatable bonds is 6. The minimum absolute atomic E-state index is 0.407. The molecule has 6 heteroatoms. The van der Waals surface area contributed by atoms with Crippen LogP contribution in [0.3, 0.4) is 0 Å². The quantitative estimate of drug-likeness (QED) is 0.651. The zero-order chi connectivity index (χ0) is 16.7. The van der Waals surface area contributed by atoms with Crippen LogP contribution in [0.5, 0.6) is 5.75 Å². The van der Waals surface area contributed by atoms with Gasteiger partial charge in [-0.15, -0.1) is 0 Å². The first-order valence-electron chi connectivity index (χ1n) is 6.94. The maximum atomic E-state index is 12.0. The Bertz CT molecular complexity index is 694. The summed E-state index contributed by atoms with van der Waals surface area (Å²) in [5.41, 5.74) is 1.49. The molecule has 0 unspecified atom stereocenters. The second-order valence-electron chi connectivity index (χ2n) is 4.69. The van der Waals surface area contributed by atoms with Crippen LogP contribution in [0, 0.1) is 0 Å². The molecule has 1 aromatic carbocycles. The summed E-state index contributed by atoms with van der Waals surface area (Å²) < 4.78 is 10.2. The smallest absolute Gasteiger partial charge is 0.331 e. The average Bonchev–Trinajstić information content (AvgIpc) is 3.06. The Hall–Kier alpha value is -2.60. The molecule has 0 fully saturated rings. The number of carbonyl (C=O) groups is 2. The number of anilines is 1. The van der Waals surface area contributed by atoms with E-state index >= 15 is 0 Å². The Morgan fingerprint density at radius 1 is 1.30 bits per heavy atom. The summed E-state index contributed by atoms with van der Waals surface area (Å²) >= 11 is 1.54. The lowest BCUT2D eigenvalue weighted by atomic mass is 10.2. The minimum Gasteiger partial charge on any atom is -0.497 e. The third kappa shape index (κ3) is 5.27. The second kappa shape index (κ2) is 8.14. The molecule has 2 aromatic rings. The lowest BCUT2D eigenvalue weighted by molar-refractivity contribution is -0.148. The van der Waals surface area contributed by atoms with Crippen LogP contribution in [0.4, 0.5) is 5.69 Å². The van der Waals surface area contributed by atoms with Crippen molar-refractivity contribution < 1.29 is 19.1 Å². The van der Waals surface area contributed by atoms with E-state index in [1.165, 1.54) is 24.3 Å². The molecule has 0 bridgehead atoms. The molecule has 0 aliphatic carbocycles. The summed E-state index contributed by atoms with van der Waals surface area (Å²) in [6, 6.07) is 8.82. The second-order valence-corrected chi connectivity index (χ2v) is 5.47. The number of ether oxygens (including phenoxy) is 2. The number of amides is 1. The third-order valence-corrected chi connectivity index (χ3v) is 3.66. The van der Waals surface area contributed by atoms with Gasteiger partial charge >= 0.3 is 5.97 Å². The Labute approximate surface area is 138 Å². The van der Waals surface area contributed by atoms with Gasteiger partial charge in [-0.05, 0) is 47.5 Å². The molecule has 1 amide bonds. The van der Waals surface area contributed by atoms with E-state index in [-0.39, 0.29) is 0 Å². The van der Waals surface area contributed by atoms with Crippen molar-refractivity contribution in [2.45, 2.75) is 13.0 Å². The first kappa shape index (κ1) is 16.8. The Balaban J connectivity index is 1.87. The monoisotopic (exact) mass is 331 g/mol. The number of thiophene rings is 1. The van der Waals surface area contributed by atoms with Gasteiger partial charge in [0.1, 0.15) is 5.75 Å². The molecule has 23 heavy (non-hydrogen) atoms. The van der Waals surface area contributed by atoms with Crippen molar-refractivity contribution >= 4 is 35.0 Å². The largest absolute Gasteiger partial charge is 0.497 e. The maximum Gasteiger partial charge on any atom is 0.331 e. The van der Waals surface area contributed by atoms with Crippen LogP contribution >= 0.6 is 11.3 Å². The van der Waals surface area contributed by atoms with Crippen LogP contribution in [0.1, 0.15) is 12.5 Å². The Kier molecular flexibility index (Phi) is 5.94. The van der Waals surface area contributed by atoms with Gasteiger partial charge in [-0.3, -0.25) is 4.79 Å². The first-order valence-corrected chi connectivity index (χ1v) is 7.88. The lowest BCUT2D eigenvalue weighted by Gasteiger charge is -2.12. The fraction of sp³-hybridized carbons (Fsp3) is 0.176. The summed E-state index contributed by atoms with van der Waals surface area (Å²) in [5, 5.41) is 6.49. The lowest BCUT2D eigenvalue weighted by Crippen LogP contribution is -2.29. The number of methoxy groups -OCH3 is 1. The normalized spacial score (nSPS) is 11.9. The van der Waals surface area contributed by atoms with Crippen molar-refractivity contribution in [3.8, 4) is 5.75 Å². The maximum absolute atomic E-state index is 12.0. The molecule has 0 saturated heterocycles. The third-order valence-electron chi connectivity index (χ3n) is 2.95. The highest BCUT2D eigenvalue weighted by atomic mass is 32.1. The van der Waals surface area contributed by atoms with E-state index in [9.17, 15) is 9.59 Å². The zero-order valence-electron chi connectivity index (χ0n) is 12.8. The van der Waals surface area contributed by atoms with E-state index in [0.717, 1.165) is 5.56 Å². The molecule has 0 radical (unpaired) electrons. The van der Waals surface area contributed by atoms with Crippen LogP contribution in [-0.2, 0) is 14.3 Å². The number of benzene rings is 1. The molecule has 2 rings (SSSR count). The van der Waals surface area contributed by atoms with Crippen LogP contribution in [0.25, 0.3) is 6.08 Å². The number of esters is 1. The standard InChI is InChI=1S/C17H17NO4S/c1-12(22-16(19)7-6-13-8-9-23-11-13)17(20)18-14-4-3-5-15(10-14)21-2/h3-12H,1-2H3,(H,18,20)/b7-6+/t12-/m0/s1. The minimum atomic E-state index is -0.902. The van der Waals surface area contributed by atoms with E-state index in [0.29, 0.717) is 11.4 Å². The molecule has 1 N–H and O–H groups in total. The number of carbonyl (C=O) groups excluding carboxylic acids is 2. The molecule has 120 valence electrons. The Morgan fingerprint density at radius 3 is 2.83 bits per heavy atom. The van der Waals surface area contributed by atoms with Crippen molar-refractivity contribution in [1.29, 1.82) is 0 Å². The fourth-order valence-corrected chi connectivity index (χ4v) is 2.37. The van der Waals surface area contributed by atoms with E-state index in [4.69, 9.17) is 9.47 Å². The topological polar surface area (TPSA) is 64.6 Å². The molecule has 1 atom stereocenters. The predicted octanol–water partition coefficient (Wildman–Crippen LogP) is 3.34. The van der Waals surface area contributed by atoms with Gasteiger partial charge in [-0.1, -0.05) is 6.07 Å². The van der Waals surface area contributed by atoms with Crippen molar-refractivity contribution in [3.05, 3.63) is 52.7 Å². The van der Waals surface area contributed by atoms with Crippen molar-refractivity contribution in [3.63, 3.8) is 0 Å². The van der Waals surface area contributed by atoms with Gasteiger partial charge in [0.25, 0.3) is 5.91 Å². The number of nitrogens with one attached hydrogen (secondary N) is 1. The summed E-state index contributed by atoms with van der Waals surface area (Å²) in [6.45, 7) is 1.52. The molecule has 0 saturated carbocycles. The summed E-state index contributed by atoms with van der Waals surface area (Å²) in [7, 11) is 1.55. The molecular formula is C17H17NO4S. The highest BCUT2D eigenvalue weighted by Crippen LogP contribution is 2.17. The van der Waals surface area contributed by atoms with Crippen molar-refractivity contribution in [1.82, 2.24) is 0 Å². The van der Waals surface area contributed by atoms with Gasteiger partial charge in [0.15, 0.2) is 6.10 Å². The van der Waals surface area contributed by atoms with Crippen LogP contribution in [-0.4, -0.2) is 25.1 Å². The molecule has 0 spiro atoms. The highest BCUT2D eigenvalue weighted by molar-refractivity contribution is 7.08. The average molecular weight is 331 g/mol. The summed E-state index contributed by atoms with van der Waals surface area (Å²) in [5.74, 6) is -0.342. The summed E-state index contributed by atoms with van der Waals surface area (Å²) in [4.78, 5) is 23.7. The Morgan fingerprint density at radius 2 is 2.13 bits per heavy atom. The molecule has 0 aliphatic heterocycles. The van der Waals surface area contributed by atoms with E-state index < -0.39 is 18.0 Å². The van der Waals surface area contributed by atoms with Crippen LogP contribution < -0.4 is 10.1 Å². The van der Waals surface area contributed by atoms with E-state index in [2.05, 4.69) is 5.32 Å². The van der Waals surface area contributed by atoms with Gasteiger partial charge in [0, 0.05) is 17.8 Å². The van der Waals surface area contributed by atoms with Gasteiger partial charge in [0.2, 0.25) is 0 Å². The zero-order valence-corrected chi connectivity index (χ0v) is 13.6. The van der Waals surface area contributed by atoms with E-state index in [1.54, 1.807) is 37.5 Å². The van der Waals surface area contributed by atoms with Gasteiger partial charge in [-0.2, -0.15) is 11.3 Å². The van der Waals surface area contributed by atoms with Gasteiger partial charge in [0.05, 0.1) is 7.11 Å². The highest BCUT2D eigenvalue weighted by Gasteiger charge is 2.16.